The van der Waals surface area contributed by atoms with Gasteiger partial charge in [-0.15, -0.1) is 0 Å². The Labute approximate surface area is 108 Å². The molecule has 3 N–H and O–H groups in total. The summed E-state index contributed by atoms with van der Waals surface area (Å²) in [6.07, 6.45) is 1.56. The van der Waals surface area contributed by atoms with Crippen molar-refractivity contribution >= 4 is 39.1 Å². The number of anilines is 1. The van der Waals surface area contributed by atoms with Crippen LogP contribution in [0, 0.1) is 5.92 Å². The SMILES string of the molecule is CC(N)C(C)C(=O)Nc1cc(Br)cnc1Cl. The van der Waals surface area contributed by atoms with Crippen molar-refractivity contribution in [2.24, 2.45) is 11.7 Å². The van der Waals surface area contributed by atoms with Gasteiger partial charge in [0.15, 0.2) is 5.15 Å². The Hall–Kier alpha value is -0.650. The highest BCUT2D eigenvalue weighted by Crippen LogP contribution is 2.23. The lowest BCUT2D eigenvalue weighted by Crippen LogP contribution is -2.34. The molecule has 6 heteroatoms. The molecule has 0 radical (unpaired) electrons. The fraction of sp³-hybridized carbons (Fsp3) is 0.400. The Morgan fingerprint density at radius 3 is 2.81 bits per heavy atom. The van der Waals surface area contributed by atoms with Crippen molar-refractivity contribution in [2.75, 3.05) is 5.32 Å². The van der Waals surface area contributed by atoms with Crippen LogP contribution in [0.3, 0.4) is 0 Å². The first-order valence-electron chi connectivity index (χ1n) is 4.79. The topological polar surface area (TPSA) is 68.0 Å². The predicted octanol–water partition coefficient (Wildman–Crippen LogP) is 2.42. The van der Waals surface area contributed by atoms with Gasteiger partial charge in [-0.1, -0.05) is 18.5 Å². The maximum absolute atomic E-state index is 11.7. The van der Waals surface area contributed by atoms with Crippen molar-refractivity contribution in [3.63, 3.8) is 0 Å². The van der Waals surface area contributed by atoms with Crippen molar-refractivity contribution < 1.29 is 4.79 Å². The molecule has 88 valence electrons. The molecule has 0 aliphatic carbocycles. The first kappa shape index (κ1) is 13.4. The fourth-order valence-electron chi connectivity index (χ4n) is 0.996. The van der Waals surface area contributed by atoms with Crippen molar-refractivity contribution in [3.05, 3.63) is 21.9 Å². The standard InChI is InChI=1S/C10H13BrClN3O/c1-5(6(2)13)10(16)15-8-3-7(11)4-14-9(8)12/h3-6H,13H2,1-2H3,(H,15,16). The molecule has 0 fully saturated rings. The molecule has 1 amide bonds. The van der Waals surface area contributed by atoms with Crippen molar-refractivity contribution in [3.8, 4) is 0 Å². The second kappa shape index (κ2) is 5.61. The lowest BCUT2D eigenvalue weighted by molar-refractivity contribution is -0.119. The number of nitrogens with one attached hydrogen (secondary N) is 1. The minimum atomic E-state index is -0.282. The van der Waals surface area contributed by atoms with Gasteiger partial charge in [-0.25, -0.2) is 4.98 Å². The number of halogens is 2. The number of aromatic nitrogens is 1. The van der Waals surface area contributed by atoms with Gasteiger partial charge in [-0.3, -0.25) is 4.79 Å². The molecule has 0 saturated heterocycles. The quantitative estimate of drug-likeness (QED) is 0.843. The van der Waals surface area contributed by atoms with Gasteiger partial charge in [0, 0.05) is 16.7 Å². The first-order chi connectivity index (χ1) is 7.41. The number of carbonyl (C=O) groups is 1. The Morgan fingerprint density at radius 1 is 1.62 bits per heavy atom. The monoisotopic (exact) mass is 305 g/mol. The molecule has 4 nitrogen and oxygen atoms in total. The minimum Gasteiger partial charge on any atom is -0.327 e. The number of nitrogens with two attached hydrogens (primary N) is 1. The van der Waals surface area contributed by atoms with E-state index in [0.717, 1.165) is 4.47 Å². The van der Waals surface area contributed by atoms with Gasteiger partial charge in [0.1, 0.15) is 0 Å². The molecule has 1 aromatic rings. The lowest BCUT2D eigenvalue weighted by atomic mass is 10.0. The van der Waals surface area contributed by atoms with Gasteiger partial charge >= 0.3 is 0 Å². The largest absolute Gasteiger partial charge is 0.327 e. The van der Waals surface area contributed by atoms with Gasteiger partial charge in [0.2, 0.25) is 5.91 Å². The predicted molar refractivity (Wildman–Crippen MR) is 68.4 cm³/mol. The number of rotatable bonds is 3. The third-order valence-electron chi connectivity index (χ3n) is 2.27. The summed E-state index contributed by atoms with van der Waals surface area (Å²) in [5.74, 6) is -0.452. The third kappa shape index (κ3) is 3.43. The molecule has 0 aliphatic rings. The van der Waals surface area contributed by atoms with E-state index in [2.05, 4.69) is 26.2 Å². The van der Waals surface area contributed by atoms with Crippen LogP contribution >= 0.6 is 27.5 Å². The summed E-state index contributed by atoms with van der Waals surface area (Å²) in [6.45, 7) is 3.55. The summed E-state index contributed by atoms with van der Waals surface area (Å²) in [4.78, 5) is 15.6. The first-order valence-corrected chi connectivity index (χ1v) is 5.96. The molecule has 0 saturated carbocycles. The van der Waals surface area contributed by atoms with Crippen molar-refractivity contribution in [2.45, 2.75) is 19.9 Å². The molecule has 1 rings (SSSR count). The molecular weight excluding hydrogens is 293 g/mol. The molecule has 0 aliphatic heterocycles. The summed E-state index contributed by atoms with van der Waals surface area (Å²) < 4.78 is 0.751. The van der Waals surface area contributed by atoms with Crippen LogP contribution < -0.4 is 11.1 Å². The van der Waals surface area contributed by atoms with Crippen LogP contribution in [0.4, 0.5) is 5.69 Å². The van der Waals surface area contributed by atoms with Gasteiger partial charge in [0.05, 0.1) is 11.6 Å². The number of hydrogen-bond donors (Lipinski definition) is 2. The Bertz CT molecular complexity index is 398. The number of pyridine rings is 1. The van der Waals surface area contributed by atoms with Crippen molar-refractivity contribution in [1.82, 2.24) is 4.98 Å². The molecule has 2 unspecified atom stereocenters. The molecule has 0 aromatic carbocycles. The van der Waals surface area contributed by atoms with Crippen molar-refractivity contribution in [1.29, 1.82) is 0 Å². The third-order valence-corrected chi connectivity index (χ3v) is 3.00. The van der Waals surface area contributed by atoms with Gasteiger partial charge in [-0.2, -0.15) is 0 Å². The zero-order valence-electron chi connectivity index (χ0n) is 9.00. The molecule has 1 heterocycles. The maximum atomic E-state index is 11.7. The van der Waals surface area contributed by atoms with Crippen LogP contribution in [0.25, 0.3) is 0 Å². The van der Waals surface area contributed by atoms with E-state index in [0.29, 0.717) is 5.69 Å². The highest BCUT2D eigenvalue weighted by molar-refractivity contribution is 9.10. The van der Waals surface area contributed by atoms with Gasteiger partial charge in [0.25, 0.3) is 0 Å². The van der Waals surface area contributed by atoms with E-state index in [1.807, 2.05) is 0 Å². The number of carbonyl (C=O) groups excluding carboxylic acids is 1. The maximum Gasteiger partial charge on any atom is 0.228 e. The molecule has 1 aromatic heterocycles. The summed E-state index contributed by atoms with van der Waals surface area (Å²) in [5.41, 5.74) is 6.12. The molecular formula is C10H13BrClN3O. The second-order valence-corrected chi connectivity index (χ2v) is 4.90. The van der Waals surface area contributed by atoms with Crippen LogP contribution in [0.15, 0.2) is 16.7 Å². The van der Waals surface area contributed by atoms with E-state index in [1.165, 1.54) is 0 Å². The van der Waals surface area contributed by atoms with E-state index < -0.39 is 0 Å². The van der Waals surface area contributed by atoms with E-state index in [9.17, 15) is 4.79 Å². The smallest absolute Gasteiger partial charge is 0.228 e. The zero-order valence-corrected chi connectivity index (χ0v) is 11.3. The Kier molecular flexibility index (Phi) is 4.70. The normalized spacial score (nSPS) is 14.3. The highest BCUT2D eigenvalue weighted by atomic mass is 79.9. The van der Waals surface area contributed by atoms with Crippen LogP contribution in [-0.2, 0) is 4.79 Å². The summed E-state index contributed by atoms with van der Waals surface area (Å²) in [5, 5.41) is 2.95. The number of nitrogens with zero attached hydrogens (tertiary/aromatic N) is 1. The van der Waals surface area contributed by atoms with E-state index in [-0.39, 0.29) is 23.0 Å². The van der Waals surface area contributed by atoms with Crippen LogP contribution in [0.2, 0.25) is 5.15 Å². The zero-order chi connectivity index (χ0) is 12.3. The highest BCUT2D eigenvalue weighted by Gasteiger charge is 2.18. The second-order valence-electron chi connectivity index (χ2n) is 3.63. The molecule has 16 heavy (non-hydrogen) atoms. The number of amides is 1. The summed E-state index contributed by atoms with van der Waals surface area (Å²) >= 11 is 9.10. The number of hydrogen-bond acceptors (Lipinski definition) is 3. The summed E-state index contributed by atoms with van der Waals surface area (Å²) in [7, 11) is 0. The molecule has 0 bridgehead atoms. The van der Waals surface area contributed by atoms with Crippen LogP contribution in [-0.4, -0.2) is 16.9 Å². The van der Waals surface area contributed by atoms with Crippen LogP contribution in [0.1, 0.15) is 13.8 Å². The lowest BCUT2D eigenvalue weighted by Gasteiger charge is -2.15. The van der Waals surface area contributed by atoms with E-state index in [1.54, 1.807) is 26.1 Å². The average molecular weight is 307 g/mol. The van der Waals surface area contributed by atoms with Crippen LogP contribution in [0.5, 0.6) is 0 Å². The van der Waals surface area contributed by atoms with Gasteiger partial charge < -0.3 is 11.1 Å². The van der Waals surface area contributed by atoms with Gasteiger partial charge in [-0.05, 0) is 28.9 Å². The Balaban J connectivity index is 2.80. The van der Waals surface area contributed by atoms with E-state index >= 15 is 0 Å². The molecule has 2 atom stereocenters. The molecule has 0 spiro atoms. The van der Waals surface area contributed by atoms with E-state index in [4.69, 9.17) is 17.3 Å². The Morgan fingerprint density at radius 2 is 2.25 bits per heavy atom. The minimum absolute atomic E-state index is 0.170. The fourth-order valence-corrected chi connectivity index (χ4v) is 1.48. The summed E-state index contributed by atoms with van der Waals surface area (Å²) in [6, 6.07) is 1.49. The average Bonchev–Trinajstić information content (AvgIpc) is 2.22.